The molecule has 0 unspecified atom stereocenters. The first kappa shape index (κ1) is 20.5. The van der Waals surface area contributed by atoms with E-state index in [0.29, 0.717) is 17.2 Å². The highest BCUT2D eigenvalue weighted by atomic mass is 32.1. The number of aromatic hydroxyl groups is 1. The molecule has 29 heavy (non-hydrogen) atoms. The van der Waals surface area contributed by atoms with Crippen LogP contribution < -0.4 is 10.6 Å². The first-order valence-electron chi connectivity index (χ1n) is 9.15. The number of nitrogens with zero attached hydrogens (tertiary/aromatic N) is 2. The van der Waals surface area contributed by atoms with Gasteiger partial charge in [-0.3, -0.25) is 14.9 Å². The lowest BCUT2D eigenvalue weighted by Gasteiger charge is -2.21. The topological polar surface area (TPSA) is 104 Å². The average Bonchev–Trinajstić information content (AvgIpc) is 3.19. The summed E-state index contributed by atoms with van der Waals surface area (Å²) in [7, 11) is 0. The van der Waals surface area contributed by atoms with E-state index in [2.05, 4.69) is 20.8 Å². The predicted octanol–water partition coefficient (Wildman–Crippen LogP) is 4.17. The van der Waals surface area contributed by atoms with E-state index in [1.165, 1.54) is 29.5 Å². The molecule has 7 nitrogen and oxygen atoms in total. The van der Waals surface area contributed by atoms with Gasteiger partial charge in [0.1, 0.15) is 10.8 Å². The molecule has 0 fully saturated rings. The molecule has 1 heterocycles. The molecule has 3 N–H and O–H groups in total. The van der Waals surface area contributed by atoms with Crippen LogP contribution in [0, 0.1) is 0 Å². The average molecular weight is 410 g/mol. The molecule has 8 heteroatoms. The van der Waals surface area contributed by atoms with Crippen molar-refractivity contribution in [3.63, 3.8) is 0 Å². The summed E-state index contributed by atoms with van der Waals surface area (Å²) < 4.78 is 0. The van der Waals surface area contributed by atoms with Crippen LogP contribution in [0.1, 0.15) is 48.1 Å². The molecule has 1 aromatic heterocycles. The molecule has 0 saturated heterocycles. The highest BCUT2D eigenvalue weighted by Crippen LogP contribution is 2.34. The van der Waals surface area contributed by atoms with Gasteiger partial charge in [-0.25, -0.2) is 0 Å². The van der Waals surface area contributed by atoms with Crippen LogP contribution in [-0.4, -0.2) is 27.1 Å². The third-order valence-corrected chi connectivity index (χ3v) is 5.68. The standard InChI is InChI=1S/C21H22N4O3S/c1-4-17(27)22-14-10-11-16(26)15(12-14)18(28)23-20-25-24-19(29-20)21(2,3)13-8-6-5-7-9-13/h5-12,26H,4H2,1-3H3,(H,22,27)(H,23,25,28). The van der Waals surface area contributed by atoms with Crippen molar-refractivity contribution in [3.05, 3.63) is 64.7 Å². The zero-order chi connectivity index (χ0) is 21.0. The van der Waals surface area contributed by atoms with E-state index in [0.717, 1.165) is 10.6 Å². The summed E-state index contributed by atoms with van der Waals surface area (Å²) in [6.45, 7) is 5.81. The first-order chi connectivity index (χ1) is 13.8. The van der Waals surface area contributed by atoms with Crippen LogP contribution in [-0.2, 0) is 10.2 Å². The monoisotopic (exact) mass is 410 g/mol. The van der Waals surface area contributed by atoms with Gasteiger partial charge in [-0.1, -0.05) is 48.6 Å². The zero-order valence-electron chi connectivity index (χ0n) is 16.4. The van der Waals surface area contributed by atoms with Gasteiger partial charge >= 0.3 is 0 Å². The lowest BCUT2D eigenvalue weighted by Crippen LogP contribution is -2.18. The number of hydrogen-bond acceptors (Lipinski definition) is 6. The van der Waals surface area contributed by atoms with E-state index in [-0.39, 0.29) is 22.6 Å². The minimum atomic E-state index is -0.532. The minimum Gasteiger partial charge on any atom is -0.507 e. The Bertz CT molecular complexity index is 1030. The number of anilines is 2. The van der Waals surface area contributed by atoms with Gasteiger partial charge in [0.15, 0.2) is 0 Å². The van der Waals surface area contributed by atoms with Crippen molar-refractivity contribution in [2.24, 2.45) is 0 Å². The molecule has 0 saturated carbocycles. The fraction of sp³-hybridized carbons (Fsp3) is 0.238. The number of amides is 2. The third kappa shape index (κ3) is 4.60. The van der Waals surface area contributed by atoms with Crippen molar-refractivity contribution in [3.8, 4) is 5.75 Å². The van der Waals surface area contributed by atoms with Crippen molar-refractivity contribution in [2.45, 2.75) is 32.6 Å². The van der Waals surface area contributed by atoms with Gasteiger partial charge in [-0.05, 0) is 37.6 Å². The van der Waals surface area contributed by atoms with Gasteiger partial charge in [-0.15, -0.1) is 10.2 Å². The van der Waals surface area contributed by atoms with Crippen LogP contribution in [0.2, 0.25) is 0 Å². The number of benzene rings is 2. The molecule has 3 aromatic rings. The molecule has 2 aromatic carbocycles. The highest BCUT2D eigenvalue weighted by molar-refractivity contribution is 7.15. The van der Waals surface area contributed by atoms with Crippen molar-refractivity contribution >= 4 is 34.0 Å². The van der Waals surface area contributed by atoms with E-state index in [1.807, 2.05) is 44.2 Å². The van der Waals surface area contributed by atoms with Gasteiger partial charge in [0.2, 0.25) is 11.0 Å². The van der Waals surface area contributed by atoms with Crippen LogP contribution in [0.15, 0.2) is 48.5 Å². The molecular formula is C21H22N4O3S. The molecule has 3 rings (SSSR count). The Labute approximate surface area is 172 Å². The van der Waals surface area contributed by atoms with Crippen LogP contribution in [0.4, 0.5) is 10.8 Å². The van der Waals surface area contributed by atoms with Gasteiger partial charge in [0.05, 0.1) is 5.56 Å². The van der Waals surface area contributed by atoms with E-state index >= 15 is 0 Å². The molecule has 0 aliphatic heterocycles. The maximum absolute atomic E-state index is 12.6. The molecule has 0 bridgehead atoms. The number of rotatable bonds is 6. The van der Waals surface area contributed by atoms with E-state index in [9.17, 15) is 14.7 Å². The molecule has 0 radical (unpaired) electrons. The van der Waals surface area contributed by atoms with E-state index < -0.39 is 5.91 Å². The summed E-state index contributed by atoms with van der Waals surface area (Å²) in [6, 6.07) is 14.3. The molecule has 150 valence electrons. The van der Waals surface area contributed by atoms with Crippen molar-refractivity contribution < 1.29 is 14.7 Å². The zero-order valence-corrected chi connectivity index (χ0v) is 17.2. The number of nitrogens with one attached hydrogen (secondary N) is 2. The number of carbonyl (C=O) groups excluding carboxylic acids is 2. The Hall–Kier alpha value is -3.26. The molecule has 2 amide bonds. The Kier molecular flexibility index (Phi) is 5.93. The largest absolute Gasteiger partial charge is 0.507 e. The predicted molar refractivity (Wildman–Crippen MR) is 113 cm³/mol. The highest BCUT2D eigenvalue weighted by Gasteiger charge is 2.28. The number of hydrogen-bond donors (Lipinski definition) is 3. The second kappa shape index (κ2) is 8.40. The molecule has 0 aliphatic carbocycles. The lowest BCUT2D eigenvalue weighted by molar-refractivity contribution is -0.115. The summed E-state index contributed by atoms with van der Waals surface area (Å²) in [4.78, 5) is 24.2. The Morgan fingerprint density at radius 2 is 1.79 bits per heavy atom. The molecule has 0 spiro atoms. The fourth-order valence-electron chi connectivity index (χ4n) is 2.71. The van der Waals surface area contributed by atoms with Crippen molar-refractivity contribution in [2.75, 3.05) is 10.6 Å². The Morgan fingerprint density at radius 3 is 2.48 bits per heavy atom. The van der Waals surface area contributed by atoms with Crippen molar-refractivity contribution in [1.82, 2.24) is 10.2 Å². The number of phenols is 1. The number of phenolic OH excluding ortho intramolecular Hbond substituents is 1. The summed E-state index contributed by atoms with van der Waals surface area (Å²) in [6.07, 6.45) is 0.313. The SMILES string of the molecule is CCC(=O)Nc1ccc(O)c(C(=O)Nc2nnc(C(C)(C)c3ccccc3)s2)c1. The normalized spacial score (nSPS) is 11.1. The number of carbonyl (C=O) groups is 2. The Balaban J connectivity index is 1.79. The van der Waals surface area contributed by atoms with Crippen LogP contribution >= 0.6 is 11.3 Å². The van der Waals surface area contributed by atoms with Crippen LogP contribution in [0.25, 0.3) is 0 Å². The van der Waals surface area contributed by atoms with Gasteiger partial charge in [-0.2, -0.15) is 0 Å². The summed E-state index contributed by atoms with van der Waals surface area (Å²) in [5.41, 5.74) is 1.20. The third-order valence-electron chi connectivity index (χ3n) is 4.52. The van der Waals surface area contributed by atoms with Crippen LogP contribution in [0.3, 0.4) is 0 Å². The fourth-order valence-corrected chi connectivity index (χ4v) is 3.58. The van der Waals surface area contributed by atoms with Gasteiger partial charge in [0, 0.05) is 17.5 Å². The van der Waals surface area contributed by atoms with Gasteiger partial charge < -0.3 is 10.4 Å². The summed E-state index contributed by atoms with van der Waals surface area (Å²) in [5.74, 6) is -0.902. The second-order valence-electron chi connectivity index (χ2n) is 6.99. The van der Waals surface area contributed by atoms with Crippen LogP contribution in [0.5, 0.6) is 5.75 Å². The van der Waals surface area contributed by atoms with E-state index in [1.54, 1.807) is 6.92 Å². The molecule has 0 aliphatic rings. The smallest absolute Gasteiger partial charge is 0.261 e. The quantitative estimate of drug-likeness (QED) is 0.529. The summed E-state index contributed by atoms with van der Waals surface area (Å²) in [5, 5.41) is 24.8. The minimum absolute atomic E-state index is 0.0398. The molecule has 0 atom stereocenters. The molecular weight excluding hydrogens is 388 g/mol. The maximum Gasteiger partial charge on any atom is 0.261 e. The maximum atomic E-state index is 12.6. The van der Waals surface area contributed by atoms with E-state index in [4.69, 9.17) is 0 Å². The second-order valence-corrected chi connectivity index (χ2v) is 7.97. The first-order valence-corrected chi connectivity index (χ1v) is 9.96. The van der Waals surface area contributed by atoms with Gasteiger partial charge in [0.25, 0.3) is 5.91 Å². The lowest BCUT2D eigenvalue weighted by atomic mass is 9.85. The summed E-state index contributed by atoms with van der Waals surface area (Å²) >= 11 is 1.28. The Morgan fingerprint density at radius 1 is 1.07 bits per heavy atom. The van der Waals surface area contributed by atoms with Crippen molar-refractivity contribution in [1.29, 1.82) is 0 Å². The number of aromatic nitrogens is 2.